The molecule has 90 valence electrons. The second-order valence-corrected chi connectivity index (χ2v) is 5.66. The number of benzene rings is 1. The second-order valence-electron chi connectivity index (χ2n) is 2.82. The highest BCUT2D eigenvalue weighted by Crippen LogP contribution is 2.35. The first-order valence-corrected chi connectivity index (χ1v) is 6.15. The van der Waals surface area contributed by atoms with Crippen LogP contribution in [0.5, 0.6) is 0 Å². The Hall–Kier alpha value is -0.460. The van der Waals surface area contributed by atoms with E-state index in [9.17, 15) is 21.6 Å². The van der Waals surface area contributed by atoms with Crippen LogP contribution in [-0.4, -0.2) is 19.3 Å². The summed E-state index contributed by atoms with van der Waals surface area (Å²) >= 11 is 9.97. The fraction of sp³-hybridized carbons (Fsp3) is 0.250. The topological polar surface area (TPSA) is 34.1 Å². The van der Waals surface area contributed by atoms with E-state index in [1.165, 1.54) is 0 Å². The smallest absolute Gasteiger partial charge is 0.222 e. The number of rotatable bonds is 3. The first-order chi connectivity index (χ1) is 7.19. The minimum atomic E-state index is -5.15. The summed E-state index contributed by atoms with van der Waals surface area (Å²) in [5, 5.41) is -4.51. The second kappa shape index (κ2) is 4.43. The van der Waals surface area contributed by atoms with Crippen LogP contribution in [0.3, 0.4) is 0 Å². The third kappa shape index (κ3) is 2.28. The van der Waals surface area contributed by atoms with Gasteiger partial charge in [-0.3, -0.25) is 0 Å². The van der Waals surface area contributed by atoms with E-state index in [2.05, 4.69) is 11.6 Å². The molecule has 16 heavy (non-hydrogen) atoms. The van der Waals surface area contributed by atoms with Crippen molar-refractivity contribution < 1.29 is 21.6 Å². The van der Waals surface area contributed by atoms with Crippen molar-refractivity contribution in [1.82, 2.24) is 0 Å². The molecule has 2 nitrogen and oxygen atoms in total. The number of hydrogen-bond donors (Lipinski definition) is 0. The lowest BCUT2D eigenvalue weighted by Gasteiger charge is -2.16. The monoisotopic (exact) mass is 292 g/mol. The molecule has 0 amide bonds. The summed E-state index contributed by atoms with van der Waals surface area (Å²) < 4.78 is 60.9. The van der Waals surface area contributed by atoms with Gasteiger partial charge in [0, 0.05) is 5.02 Å². The number of sulfone groups is 1. The first kappa shape index (κ1) is 13.6. The molecule has 0 spiro atoms. The molecule has 0 aliphatic heterocycles. The van der Waals surface area contributed by atoms with Crippen LogP contribution >= 0.6 is 23.2 Å². The van der Waals surface area contributed by atoms with Crippen LogP contribution in [0.2, 0.25) is 5.02 Å². The Bertz CT molecular complexity index is 471. The van der Waals surface area contributed by atoms with Crippen LogP contribution in [0.25, 0.3) is 0 Å². The molecule has 1 atom stereocenters. The quantitative estimate of drug-likeness (QED) is 0.802. The van der Waals surface area contributed by atoms with E-state index in [1.54, 1.807) is 0 Å². The summed E-state index contributed by atoms with van der Waals surface area (Å²) in [7, 11) is -5.15. The van der Waals surface area contributed by atoms with Gasteiger partial charge in [0.25, 0.3) is 5.63 Å². The van der Waals surface area contributed by atoms with E-state index in [0.717, 1.165) is 24.3 Å². The molecule has 0 aliphatic rings. The molecule has 0 bridgehead atoms. The van der Waals surface area contributed by atoms with E-state index >= 15 is 0 Å². The lowest BCUT2D eigenvalue weighted by atomic mass is 10.4. The molecule has 0 saturated carbocycles. The van der Waals surface area contributed by atoms with Crippen molar-refractivity contribution >= 4 is 33.0 Å². The summed E-state index contributed by atoms with van der Waals surface area (Å²) in [6.45, 7) is 0. The molecule has 0 saturated heterocycles. The van der Waals surface area contributed by atoms with Gasteiger partial charge in [-0.15, -0.1) is 0 Å². The van der Waals surface area contributed by atoms with Crippen LogP contribution in [0, 0.1) is 0 Å². The molecule has 0 fully saturated rings. The minimum absolute atomic E-state index is 0.171. The Balaban J connectivity index is 3.27. The Labute approximate surface area is 99.9 Å². The standard InChI is InChI=1S/C8H5Cl2F3O2S/c9-5-1-3-6(4-2-5)16(14,15)8(12,13)7(10)11/h1-4,7H/t7-/m1/s1. The van der Waals surface area contributed by atoms with E-state index in [1.807, 2.05) is 0 Å². The summed E-state index contributed by atoms with van der Waals surface area (Å²) in [4.78, 5) is -0.745. The lowest BCUT2D eigenvalue weighted by Crippen LogP contribution is -2.35. The van der Waals surface area contributed by atoms with Crippen LogP contribution in [0.1, 0.15) is 0 Å². The molecule has 1 aromatic rings. The molecule has 8 heteroatoms. The molecule has 1 aromatic carbocycles. The van der Waals surface area contributed by atoms with E-state index in [0.29, 0.717) is 0 Å². The molecule has 0 aliphatic carbocycles. The van der Waals surface area contributed by atoms with Crippen LogP contribution < -0.4 is 0 Å². The van der Waals surface area contributed by atoms with Gasteiger partial charge in [0.1, 0.15) is 0 Å². The van der Waals surface area contributed by atoms with Crippen molar-refractivity contribution in [1.29, 1.82) is 0 Å². The van der Waals surface area contributed by atoms with Crippen molar-refractivity contribution in [3.05, 3.63) is 29.3 Å². The van der Waals surface area contributed by atoms with Gasteiger partial charge in [-0.25, -0.2) is 12.8 Å². The van der Waals surface area contributed by atoms with Crippen molar-refractivity contribution in [2.45, 2.75) is 15.8 Å². The maximum atomic E-state index is 13.0. The minimum Gasteiger partial charge on any atom is -0.222 e. The lowest BCUT2D eigenvalue weighted by molar-refractivity contribution is 0.0423. The Morgan fingerprint density at radius 1 is 1.19 bits per heavy atom. The SMILES string of the molecule is O=S(=O)(c1ccc(Cl)cc1)C(F)(F)[C@@H](F)Cl. The van der Waals surface area contributed by atoms with Gasteiger partial charge in [0.15, 0.2) is 0 Å². The van der Waals surface area contributed by atoms with Crippen LogP contribution in [-0.2, 0) is 9.84 Å². The summed E-state index contributed by atoms with van der Waals surface area (Å²) in [6.07, 6.45) is 0. The molecular formula is C8H5Cl2F3O2S. The Morgan fingerprint density at radius 2 is 1.62 bits per heavy atom. The maximum Gasteiger partial charge on any atom is 0.393 e. The first-order valence-electron chi connectivity index (χ1n) is 3.86. The predicted molar refractivity (Wildman–Crippen MR) is 54.3 cm³/mol. The number of halogens is 5. The third-order valence-corrected chi connectivity index (χ3v) is 4.21. The predicted octanol–water partition coefficient (Wildman–Crippen LogP) is 3.24. The molecule has 0 N–H and O–H groups in total. The molecule has 0 unspecified atom stereocenters. The van der Waals surface area contributed by atoms with E-state index < -0.39 is 25.6 Å². The Morgan fingerprint density at radius 3 is 2.00 bits per heavy atom. The average molecular weight is 293 g/mol. The van der Waals surface area contributed by atoms with E-state index in [4.69, 9.17) is 11.6 Å². The fourth-order valence-electron chi connectivity index (χ4n) is 0.888. The number of hydrogen-bond acceptors (Lipinski definition) is 2. The zero-order valence-electron chi connectivity index (χ0n) is 7.50. The average Bonchev–Trinajstić information content (AvgIpc) is 2.17. The summed E-state index contributed by atoms with van der Waals surface area (Å²) in [6, 6.07) is 3.91. The zero-order valence-corrected chi connectivity index (χ0v) is 9.83. The van der Waals surface area contributed by atoms with E-state index in [-0.39, 0.29) is 5.02 Å². The van der Waals surface area contributed by atoms with Gasteiger partial charge in [0.05, 0.1) is 4.90 Å². The molecule has 0 aromatic heterocycles. The highest BCUT2D eigenvalue weighted by molar-refractivity contribution is 7.92. The van der Waals surface area contributed by atoms with Crippen LogP contribution in [0.4, 0.5) is 13.2 Å². The molecule has 0 radical (unpaired) electrons. The molecular weight excluding hydrogens is 288 g/mol. The summed E-state index contributed by atoms with van der Waals surface area (Å²) in [5.41, 5.74) is -3.31. The van der Waals surface area contributed by atoms with Crippen LogP contribution in [0.15, 0.2) is 29.2 Å². The summed E-state index contributed by atoms with van der Waals surface area (Å²) in [5.74, 6) is 0. The highest BCUT2D eigenvalue weighted by Gasteiger charge is 2.53. The fourth-order valence-corrected chi connectivity index (χ4v) is 2.41. The largest absolute Gasteiger partial charge is 0.393 e. The Kier molecular flexibility index (Phi) is 3.76. The zero-order chi connectivity index (χ0) is 12.6. The normalized spacial score (nSPS) is 14.8. The van der Waals surface area contributed by atoms with Crippen molar-refractivity contribution in [3.8, 4) is 0 Å². The number of alkyl halides is 4. The molecule has 0 heterocycles. The van der Waals surface area contributed by atoms with Gasteiger partial charge in [-0.2, -0.15) is 8.78 Å². The van der Waals surface area contributed by atoms with Crippen molar-refractivity contribution in [3.63, 3.8) is 0 Å². The van der Waals surface area contributed by atoms with Gasteiger partial charge >= 0.3 is 5.25 Å². The van der Waals surface area contributed by atoms with Gasteiger partial charge in [0.2, 0.25) is 9.84 Å². The van der Waals surface area contributed by atoms with Crippen molar-refractivity contribution in [2.24, 2.45) is 0 Å². The van der Waals surface area contributed by atoms with Gasteiger partial charge < -0.3 is 0 Å². The highest BCUT2D eigenvalue weighted by atomic mass is 35.5. The maximum absolute atomic E-state index is 13.0. The molecule has 1 rings (SSSR count). The van der Waals surface area contributed by atoms with Gasteiger partial charge in [-0.1, -0.05) is 23.2 Å². The van der Waals surface area contributed by atoms with Gasteiger partial charge in [-0.05, 0) is 24.3 Å². The third-order valence-electron chi connectivity index (χ3n) is 1.74. The van der Waals surface area contributed by atoms with Crippen molar-refractivity contribution in [2.75, 3.05) is 0 Å².